The molecule has 1 unspecified atom stereocenters. The van der Waals surface area contributed by atoms with Crippen molar-refractivity contribution in [2.45, 2.75) is 39.0 Å². The van der Waals surface area contributed by atoms with E-state index in [2.05, 4.69) is 12.2 Å². The van der Waals surface area contributed by atoms with Gasteiger partial charge in [-0.1, -0.05) is 26.2 Å². The fraction of sp³-hybridized carbons (Fsp3) is 0.909. The van der Waals surface area contributed by atoms with Gasteiger partial charge in [0, 0.05) is 13.1 Å². The zero-order valence-corrected chi connectivity index (χ0v) is 9.00. The molecule has 3 heteroatoms. The Bertz CT molecular complexity index is 165. The molecular weight excluding hydrogens is 178 g/mol. The molecule has 0 aromatic rings. The second-order valence-electron chi connectivity index (χ2n) is 3.84. The Balaban J connectivity index is 1.97. The van der Waals surface area contributed by atoms with Crippen molar-refractivity contribution in [2.75, 3.05) is 19.7 Å². The third kappa shape index (κ3) is 4.09. The first-order valence-corrected chi connectivity index (χ1v) is 5.64. The molecule has 0 bridgehead atoms. The summed E-state index contributed by atoms with van der Waals surface area (Å²) in [6.45, 7) is 4.27. The van der Waals surface area contributed by atoms with E-state index >= 15 is 0 Å². The molecule has 0 aromatic carbocycles. The molecule has 81 valence electrons. The number of unbranched alkanes of at least 4 members (excludes halogenated alkanes) is 3. The molecule has 1 atom stereocenters. The summed E-state index contributed by atoms with van der Waals surface area (Å²) in [6.07, 6.45) is 5.50. The summed E-state index contributed by atoms with van der Waals surface area (Å²) in [6, 6.07) is 0. The average Bonchev–Trinajstić information content (AvgIpc) is 2.70. The van der Waals surface area contributed by atoms with E-state index in [4.69, 9.17) is 4.74 Å². The minimum Gasteiger partial charge on any atom is -0.465 e. The Morgan fingerprint density at radius 1 is 1.43 bits per heavy atom. The first-order chi connectivity index (χ1) is 6.84. The fourth-order valence-corrected chi connectivity index (χ4v) is 1.60. The van der Waals surface area contributed by atoms with Gasteiger partial charge in [0.1, 0.15) is 0 Å². The lowest BCUT2D eigenvalue weighted by Crippen LogP contribution is -2.19. The van der Waals surface area contributed by atoms with Gasteiger partial charge in [0.15, 0.2) is 0 Å². The predicted molar refractivity (Wildman–Crippen MR) is 55.1 cm³/mol. The van der Waals surface area contributed by atoms with Crippen LogP contribution in [0, 0.1) is 5.92 Å². The highest BCUT2D eigenvalue weighted by molar-refractivity contribution is 5.73. The van der Waals surface area contributed by atoms with E-state index in [1.807, 2.05) is 0 Å². The summed E-state index contributed by atoms with van der Waals surface area (Å²) in [5, 5.41) is 4.14. The van der Waals surface area contributed by atoms with Crippen molar-refractivity contribution in [2.24, 2.45) is 5.92 Å². The van der Waals surface area contributed by atoms with Crippen LogP contribution >= 0.6 is 0 Å². The van der Waals surface area contributed by atoms with Gasteiger partial charge in [-0.25, -0.2) is 5.32 Å². The topological polar surface area (TPSA) is 40.4 Å². The van der Waals surface area contributed by atoms with Crippen LogP contribution in [0.25, 0.3) is 0 Å². The highest BCUT2D eigenvalue weighted by Gasteiger charge is 2.24. The van der Waals surface area contributed by atoms with Gasteiger partial charge in [0.25, 0.3) is 0 Å². The maximum atomic E-state index is 11.4. The summed E-state index contributed by atoms with van der Waals surface area (Å²) < 4.78 is 5.17. The predicted octanol–water partition coefficient (Wildman–Crippen LogP) is 1.73. The van der Waals surface area contributed by atoms with Gasteiger partial charge >= 0.3 is 5.97 Å². The van der Waals surface area contributed by atoms with Gasteiger partial charge in [-0.2, -0.15) is 0 Å². The Morgan fingerprint density at radius 2 is 2.29 bits per heavy atom. The molecule has 1 rings (SSSR count). The molecule has 0 aliphatic carbocycles. The third-order valence-electron chi connectivity index (χ3n) is 2.56. The van der Waals surface area contributed by atoms with Crippen molar-refractivity contribution in [3.05, 3.63) is 0 Å². The van der Waals surface area contributed by atoms with Crippen molar-refractivity contribution in [3.63, 3.8) is 0 Å². The lowest BCUT2D eigenvalue weighted by Gasteiger charge is -2.08. The molecule has 3 nitrogen and oxygen atoms in total. The Kier molecular flexibility index (Phi) is 5.60. The van der Waals surface area contributed by atoms with E-state index in [9.17, 15) is 4.79 Å². The zero-order chi connectivity index (χ0) is 10.2. The molecule has 1 aliphatic rings. The number of carbonyl (C=O) groups excluding carboxylic acids is 1. The van der Waals surface area contributed by atoms with Gasteiger partial charge in [0.05, 0.1) is 12.5 Å². The lowest BCUT2D eigenvalue weighted by atomic mass is 10.1. The van der Waals surface area contributed by atoms with E-state index in [0.717, 1.165) is 19.4 Å². The van der Waals surface area contributed by atoms with Crippen LogP contribution in [-0.4, -0.2) is 25.7 Å². The first-order valence-electron chi connectivity index (χ1n) is 5.64. The minimum atomic E-state index is -0.0391. The SMILES string of the molecule is CCCCCCOC(=O)C1CC[N]C1. The summed E-state index contributed by atoms with van der Waals surface area (Å²) in [5.74, 6) is 0.0175. The summed E-state index contributed by atoms with van der Waals surface area (Å²) in [4.78, 5) is 11.4. The van der Waals surface area contributed by atoms with Gasteiger partial charge in [-0.05, 0) is 12.8 Å². The fourth-order valence-electron chi connectivity index (χ4n) is 1.60. The van der Waals surface area contributed by atoms with Crippen LogP contribution in [-0.2, 0) is 9.53 Å². The average molecular weight is 198 g/mol. The number of ether oxygens (including phenoxy) is 1. The van der Waals surface area contributed by atoms with Gasteiger partial charge in [-0.15, -0.1) is 0 Å². The molecule has 0 saturated carbocycles. The Hall–Kier alpha value is -0.570. The van der Waals surface area contributed by atoms with E-state index < -0.39 is 0 Å². The van der Waals surface area contributed by atoms with E-state index in [0.29, 0.717) is 13.2 Å². The molecule has 1 heterocycles. The number of nitrogens with zero attached hydrogens (tertiary/aromatic N) is 1. The normalized spacial score (nSPS) is 21.1. The van der Waals surface area contributed by atoms with E-state index in [1.54, 1.807) is 0 Å². The molecule has 0 amide bonds. The van der Waals surface area contributed by atoms with Gasteiger partial charge in [0.2, 0.25) is 0 Å². The van der Waals surface area contributed by atoms with E-state index in [-0.39, 0.29) is 11.9 Å². The monoisotopic (exact) mass is 198 g/mol. The number of hydrogen-bond donors (Lipinski definition) is 0. The number of esters is 1. The molecule has 1 radical (unpaired) electrons. The molecule has 1 aliphatic heterocycles. The quantitative estimate of drug-likeness (QED) is 0.482. The van der Waals surface area contributed by atoms with Crippen LogP contribution in [0.4, 0.5) is 0 Å². The highest BCUT2D eigenvalue weighted by atomic mass is 16.5. The smallest absolute Gasteiger partial charge is 0.310 e. The van der Waals surface area contributed by atoms with E-state index in [1.165, 1.54) is 19.3 Å². The van der Waals surface area contributed by atoms with Crippen LogP contribution in [0.2, 0.25) is 0 Å². The standard InChI is InChI=1S/C11H20NO2/c1-2-3-4-5-8-14-11(13)10-6-7-12-9-10/h10H,2-9H2,1H3. The largest absolute Gasteiger partial charge is 0.465 e. The van der Waals surface area contributed by atoms with Crippen molar-refractivity contribution in [3.8, 4) is 0 Å². The maximum Gasteiger partial charge on any atom is 0.310 e. The van der Waals surface area contributed by atoms with Crippen molar-refractivity contribution in [1.29, 1.82) is 0 Å². The van der Waals surface area contributed by atoms with Gasteiger partial charge < -0.3 is 4.74 Å². The zero-order valence-electron chi connectivity index (χ0n) is 9.00. The Labute approximate surface area is 86.2 Å². The molecule has 1 saturated heterocycles. The van der Waals surface area contributed by atoms with Crippen molar-refractivity contribution < 1.29 is 9.53 Å². The molecular formula is C11H20NO2. The van der Waals surface area contributed by atoms with Crippen LogP contribution < -0.4 is 5.32 Å². The molecule has 0 spiro atoms. The maximum absolute atomic E-state index is 11.4. The number of hydrogen-bond acceptors (Lipinski definition) is 2. The van der Waals surface area contributed by atoms with Crippen LogP contribution in [0.1, 0.15) is 39.0 Å². The minimum absolute atomic E-state index is 0.0391. The second kappa shape index (κ2) is 6.82. The summed E-state index contributed by atoms with van der Waals surface area (Å²) >= 11 is 0. The highest BCUT2D eigenvalue weighted by Crippen LogP contribution is 2.11. The van der Waals surface area contributed by atoms with Crippen LogP contribution in [0.3, 0.4) is 0 Å². The number of rotatable bonds is 6. The summed E-state index contributed by atoms with van der Waals surface area (Å²) in [5.41, 5.74) is 0. The summed E-state index contributed by atoms with van der Waals surface area (Å²) in [7, 11) is 0. The van der Waals surface area contributed by atoms with Crippen LogP contribution in [0.5, 0.6) is 0 Å². The third-order valence-corrected chi connectivity index (χ3v) is 2.56. The van der Waals surface area contributed by atoms with Crippen LogP contribution in [0.15, 0.2) is 0 Å². The lowest BCUT2D eigenvalue weighted by molar-refractivity contribution is -0.147. The van der Waals surface area contributed by atoms with Gasteiger partial charge in [-0.3, -0.25) is 4.79 Å². The number of carbonyl (C=O) groups is 1. The van der Waals surface area contributed by atoms with Crippen molar-refractivity contribution in [1.82, 2.24) is 5.32 Å². The second-order valence-corrected chi connectivity index (χ2v) is 3.84. The van der Waals surface area contributed by atoms with Crippen molar-refractivity contribution >= 4 is 5.97 Å². The first kappa shape index (κ1) is 11.5. The molecule has 0 N–H and O–H groups in total. The molecule has 14 heavy (non-hydrogen) atoms. The molecule has 1 fully saturated rings. The Morgan fingerprint density at radius 3 is 2.93 bits per heavy atom. The molecule has 0 aromatic heterocycles.